The highest BCUT2D eigenvalue weighted by Gasteiger charge is 2.38. The summed E-state index contributed by atoms with van der Waals surface area (Å²) >= 11 is 0. The predicted molar refractivity (Wildman–Crippen MR) is 174 cm³/mol. The summed E-state index contributed by atoms with van der Waals surface area (Å²) in [6.07, 6.45) is 5.00. The van der Waals surface area contributed by atoms with Gasteiger partial charge in [-0.2, -0.15) is 0 Å². The topological polar surface area (TPSA) is 175 Å². The second-order valence-electron chi connectivity index (χ2n) is 12.2. The summed E-state index contributed by atoms with van der Waals surface area (Å²) < 4.78 is 9.39. The van der Waals surface area contributed by atoms with E-state index in [1.807, 2.05) is 27.7 Å². The number of H-pyrrole nitrogens is 2. The fourth-order valence-electron chi connectivity index (χ4n) is 5.78. The molecule has 0 aliphatic carbocycles. The first-order valence-corrected chi connectivity index (χ1v) is 16.0. The fourth-order valence-corrected chi connectivity index (χ4v) is 5.78. The normalized spacial score (nSPS) is 18.1. The number of carbonyl (C=O) groups is 4. The Labute approximate surface area is 280 Å². The van der Waals surface area contributed by atoms with Crippen molar-refractivity contribution in [3.63, 3.8) is 0 Å². The summed E-state index contributed by atoms with van der Waals surface area (Å²) in [7, 11) is 2.53. The van der Waals surface area contributed by atoms with Crippen LogP contribution in [-0.4, -0.2) is 93.1 Å². The smallest absolute Gasteiger partial charge is 0.407 e. The van der Waals surface area contributed by atoms with Crippen molar-refractivity contribution in [2.24, 2.45) is 11.8 Å². The van der Waals surface area contributed by atoms with E-state index in [9.17, 15) is 19.2 Å². The van der Waals surface area contributed by atoms with Crippen LogP contribution in [-0.2, 0) is 19.1 Å². The average Bonchev–Trinajstić information content (AvgIpc) is 3.89. The number of methoxy groups -OCH3 is 2. The number of likely N-dealkylation sites (tertiary alicyclic amines) is 2. The summed E-state index contributed by atoms with van der Waals surface area (Å²) in [6, 6.07) is -1.93. The minimum absolute atomic E-state index is 0.123. The van der Waals surface area contributed by atoms with E-state index >= 15 is 0 Å². The lowest BCUT2D eigenvalue weighted by Gasteiger charge is -2.29. The minimum Gasteiger partial charge on any atom is -0.453 e. The third kappa shape index (κ3) is 8.68. The maximum absolute atomic E-state index is 13.3. The Balaban J connectivity index is 1.36. The average molecular weight is 659 g/mol. The second kappa shape index (κ2) is 16.4. The van der Waals surface area contributed by atoms with Crippen LogP contribution in [0.1, 0.15) is 88.5 Å². The highest BCUT2D eigenvalue weighted by molar-refractivity contribution is 5.87. The van der Waals surface area contributed by atoms with Crippen LogP contribution in [0.4, 0.5) is 9.59 Å². The predicted octanol–water partition coefficient (Wildman–Crippen LogP) is 2.63. The van der Waals surface area contributed by atoms with E-state index in [2.05, 4.69) is 66.1 Å². The number of aromatic amines is 2. The molecule has 0 unspecified atom stereocenters. The number of hydrogen-bond acceptors (Lipinski definition) is 8. The fraction of sp³-hybridized carbons (Fsp3) is 0.529. The van der Waals surface area contributed by atoms with E-state index in [0.717, 1.165) is 25.7 Å². The summed E-state index contributed by atoms with van der Waals surface area (Å²) in [5, 5.41) is 5.28. The van der Waals surface area contributed by atoms with Gasteiger partial charge in [-0.1, -0.05) is 27.7 Å². The third-order valence-corrected chi connectivity index (χ3v) is 8.26. The van der Waals surface area contributed by atoms with Crippen molar-refractivity contribution in [1.29, 1.82) is 0 Å². The first-order valence-electron chi connectivity index (χ1n) is 16.0. The molecule has 2 fully saturated rings. The highest BCUT2D eigenvalue weighted by Crippen LogP contribution is 2.32. The third-order valence-electron chi connectivity index (χ3n) is 8.26. The zero-order chi connectivity index (χ0) is 34.8. The molecule has 4 atom stereocenters. The number of aromatic nitrogens is 4. The van der Waals surface area contributed by atoms with Gasteiger partial charge in [0.15, 0.2) is 0 Å². The van der Waals surface area contributed by atoms with Gasteiger partial charge >= 0.3 is 12.2 Å². The van der Waals surface area contributed by atoms with Crippen molar-refractivity contribution < 1.29 is 28.7 Å². The van der Waals surface area contributed by atoms with Crippen LogP contribution in [0.15, 0.2) is 12.4 Å². The number of hydrogen-bond donors (Lipinski definition) is 4. The van der Waals surface area contributed by atoms with Crippen LogP contribution in [0.25, 0.3) is 0 Å². The van der Waals surface area contributed by atoms with Gasteiger partial charge in [0.25, 0.3) is 0 Å². The van der Waals surface area contributed by atoms with E-state index in [1.165, 1.54) is 14.2 Å². The molecule has 4 rings (SSSR count). The van der Waals surface area contributed by atoms with Crippen molar-refractivity contribution >= 4 is 24.0 Å². The Morgan fingerprint density at radius 1 is 0.729 bits per heavy atom. The van der Waals surface area contributed by atoms with Crippen molar-refractivity contribution in [2.75, 3.05) is 27.3 Å². The molecular formula is C34H42N8O6. The van der Waals surface area contributed by atoms with Crippen LogP contribution in [0.5, 0.6) is 0 Å². The molecule has 4 amide bonds. The van der Waals surface area contributed by atoms with Crippen molar-refractivity contribution in [2.45, 2.75) is 77.5 Å². The van der Waals surface area contributed by atoms with E-state index in [4.69, 9.17) is 9.47 Å². The van der Waals surface area contributed by atoms with Crippen LogP contribution < -0.4 is 10.6 Å². The molecule has 2 saturated heterocycles. The van der Waals surface area contributed by atoms with E-state index in [-0.39, 0.29) is 35.7 Å². The van der Waals surface area contributed by atoms with Gasteiger partial charge in [0.1, 0.15) is 35.1 Å². The Morgan fingerprint density at radius 3 is 1.48 bits per heavy atom. The van der Waals surface area contributed by atoms with Crippen molar-refractivity contribution in [3.05, 3.63) is 35.4 Å². The molecule has 2 aliphatic rings. The number of amides is 4. The van der Waals surface area contributed by atoms with Gasteiger partial charge in [-0.05, 0) is 73.0 Å². The SMILES string of the molecule is COC(=O)N[C@@H](C(=O)N1CCC[C@@H]1c1ncc(C#CC#CC#Cc2cnc([C@H]3CCCN3C(=O)[C@H](NC(=O)OC)C(C)C)[nH]2)[nH]1)C(C)C. The van der Waals surface area contributed by atoms with Gasteiger partial charge in [0, 0.05) is 13.1 Å². The standard InChI is InChI=1S/C34H42N8O6/c1-21(2)27(39-33(45)47-5)31(43)41-17-11-15-25(41)29-35-19-23(37-29)13-9-7-8-10-14-24-20-36-30(38-24)26-16-12-18-42(26)32(44)28(22(3)4)40-34(46)48-6/h19-22,25-28H,11-12,15-18H2,1-6H3,(H,35,37)(H,36,38)(H,39,45)(H,40,46)/t25-,26-,27-,28-/m1/s1. The maximum Gasteiger partial charge on any atom is 0.407 e. The quantitative estimate of drug-likeness (QED) is 0.313. The van der Waals surface area contributed by atoms with Gasteiger partial charge in [0.05, 0.1) is 38.7 Å². The lowest BCUT2D eigenvalue weighted by atomic mass is 10.0. The van der Waals surface area contributed by atoms with Crippen molar-refractivity contribution in [3.8, 4) is 35.5 Å². The van der Waals surface area contributed by atoms with Gasteiger partial charge in [-0.3, -0.25) is 9.59 Å². The molecule has 48 heavy (non-hydrogen) atoms. The van der Waals surface area contributed by atoms with Crippen LogP contribution >= 0.6 is 0 Å². The first kappa shape index (κ1) is 35.4. The van der Waals surface area contributed by atoms with Crippen molar-refractivity contribution in [1.82, 2.24) is 40.4 Å². The molecule has 254 valence electrons. The number of nitrogens with zero attached hydrogens (tertiary/aromatic N) is 4. The highest BCUT2D eigenvalue weighted by atomic mass is 16.5. The number of carbonyl (C=O) groups excluding carboxylic acids is 4. The van der Waals surface area contributed by atoms with E-state index in [0.29, 0.717) is 36.1 Å². The Kier molecular flexibility index (Phi) is 12.1. The minimum atomic E-state index is -0.710. The summed E-state index contributed by atoms with van der Waals surface area (Å²) in [6.45, 7) is 8.59. The largest absolute Gasteiger partial charge is 0.453 e. The van der Waals surface area contributed by atoms with Gasteiger partial charge < -0.3 is 39.9 Å². The molecule has 0 radical (unpaired) electrons. The summed E-state index contributed by atoms with van der Waals surface area (Å²) in [5.74, 6) is 17.4. The van der Waals surface area contributed by atoms with E-state index < -0.39 is 24.3 Å². The second-order valence-corrected chi connectivity index (χ2v) is 12.2. The van der Waals surface area contributed by atoms with Crippen LogP contribution in [0, 0.1) is 47.4 Å². The Morgan fingerprint density at radius 2 is 1.12 bits per heavy atom. The number of nitrogens with one attached hydrogen (secondary N) is 4. The molecule has 4 N–H and O–H groups in total. The molecule has 0 saturated carbocycles. The van der Waals surface area contributed by atoms with Gasteiger partial charge in [-0.25, -0.2) is 19.6 Å². The molecule has 14 nitrogen and oxygen atoms in total. The lowest BCUT2D eigenvalue weighted by molar-refractivity contribution is -0.136. The Hall–Kier alpha value is -5.42. The van der Waals surface area contributed by atoms with Gasteiger partial charge in [0.2, 0.25) is 11.8 Å². The zero-order valence-corrected chi connectivity index (χ0v) is 28.1. The van der Waals surface area contributed by atoms with E-state index in [1.54, 1.807) is 22.2 Å². The molecule has 0 bridgehead atoms. The molecular weight excluding hydrogens is 616 g/mol. The number of rotatable bonds is 8. The zero-order valence-electron chi connectivity index (χ0n) is 28.1. The number of ether oxygens (including phenoxy) is 2. The molecule has 0 spiro atoms. The summed E-state index contributed by atoms with van der Waals surface area (Å²) in [4.78, 5) is 69.0. The summed E-state index contributed by atoms with van der Waals surface area (Å²) in [5.41, 5.74) is 1.10. The molecule has 2 aliphatic heterocycles. The lowest BCUT2D eigenvalue weighted by Crippen LogP contribution is -2.51. The molecule has 2 aromatic heterocycles. The monoisotopic (exact) mass is 658 g/mol. The molecule has 4 heterocycles. The maximum atomic E-state index is 13.3. The number of alkyl carbamates (subject to hydrolysis) is 2. The molecule has 2 aromatic rings. The van der Waals surface area contributed by atoms with Gasteiger partial charge in [-0.15, -0.1) is 0 Å². The van der Waals surface area contributed by atoms with Crippen LogP contribution in [0.2, 0.25) is 0 Å². The van der Waals surface area contributed by atoms with Crippen LogP contribution in [0.3, 0.4) is 0 Å². The molecule has 14 heteroatoms. The molecule has 0 aromatic carbocycles. The Bertz CT molecular complexity index is 1560. The number of imidazole rings is 2. The first-order chi connectivity index (χ1) is 23.0.